The minimum Gasteiger partial charge on any atom is -0.351 e. The van der Waals surface area contributed by atoms with Crippen LogP contribution in [-0.2, 0) is 0 Å². The third-order valence-electron chi connectivity index (χ3n) is 5.98. The summed E-state index contributed by atoms with van der Waals surface area (Å²) in [6.45, 7) is 4.39. The number of nitrogens with one attached hydrogen (secondary N) is 1. The molecular formula is C26H24ClN5S. The standard InChI is InChI=1S/C26H24ClN5S/c1-17(2)18-8-11-20(12-9-18)32-25(24(30-26(32)33)21-6-3-4-14-28-21)22-7-5-15-31(22)23-13-10-19(27)16-29-23/h3-17,24-25H,1-2H3,(H,30,33). The smallest absolute Gasteiger partial charge is 0.174 e. The lowest BCUT2D eigenvalue weighted by molar-refractivity contribution is 0.548. The molecular weight excluding hydrogens is 450 g/mol. The fourth-order valence-electron chi connectivity index (χ4n) is 4.31. The fraction of sp³-hybridized carbons (Fsp3) is 0.192. The Balaban J connectivity index is 1.63. The summed E-state index contributed by atoms with van der Waals surface area (Å²) < 4.78 is 2.09. The minimum atomic E-state index is -0.121. The topological polar surface area (TPSA) is 46.0 Å². The molecule has 0 radical (unpaired) electrons. The van der Waals surface area contributed by atoms with Crippen molar-refractivity contribution in [3.63, 3.8) is 0 Å². The van der Waals surface area contributed by atoms with Crippen molar-refractivity contribution in [1.82, 2.24) is 19.9 Å². The molecule has 1 aromatic carbocycles. The second-order valence-corrected chi connectivity index (χ2v) is 9.20. The molecule has 1 saturated heterocycles. The molecule has 5 nitrogen and oxygen atoms in total. The van der Waals surface area contributed by atoms with Gasteiger partial charge in [0, 0.05) is 30.0 Å². The first-order chi connectivity index (χ1) is 16.0. The van der Waals surface area contributed by atoms with Crippen molar-refractivity contribution in [2.75, 3.05) is 4.90 Å². The van der Waals surface area contributed by atoms with E-state index in [1.54, 1.807) is 6.20 Å². The van der Waals surface area contributed by atoms with Crippen molar-refractivity contribution in [2.45, 2.75) is 31.8 Å². The van der Waals surface area contributed by atoms with Crippen LogP contribution in [0, 0.1) is 0 Å². The minimum absolute atomic E-state index is 0.121. The van der Waals surface area contributed by atoms with Gasteiger partial charge in [0.2, 0.25) is 0 Å². The van der Waals surface area contributed by atoms with Gasteiger partial charge >= 0.3 is 0 Å². The first-order valence-corrected chi connectivity index (χ1v) is 11.7. The second kappa shape index (κ2) is 8.96. The van der Waals surface area contributed by atoms with Gasteiger partial charge in [-0.2, -0.15) is 0 Å². The number of benzene rings is 1. The van der Waals surface area contributed by atoms with Gasteiger partial charge in [0.05, 0.1) is 16.8 Å². The average Bonchev–Trinajstić information content (AvgIpc) is 3.44. The quantitative estimate of drug-likeness (QED) is 0.348. The molecule has 1 N–H and O–H groups in total. The predicted molar refractivity (Wildman–Crippen MR) is 137 cm³/mol. The van der Waals surface area contributed by atoms with Crippen LogP contribution in [0.4, 0.5) is 5.69 Å². The molecule has 3 aromatic heterocycles. The van der Waals surface area contributed by atoms with Gasteiger partial charge in [0.1, 0.15) is 11.9 Å². The Morgan fingerprint density at radius 3 is 2.45 bits per heavy atom. The first kappa shape index (κ1) is 21.6. The predicted octanol–water partition coefficient (Wildman–Crippen LogP) is 6.22. The van der Waals surface area contributed by atoms with Crippen LogP contribution in [0.2, 0.25) is 5.02 Å². The molecule has 166 valence electrons. The molecule has 0 amide bonds. The number of rotatable bonds is 5. The summed E-state index contributed by atoms with van der Waals surface area (Å²) in [6, 6.07) is 22.3. The van der Waals surface area contributed by atoms with Crippen LogP contribution in [-0.4, -0.2) is 19.6 Å². The lowest BCUT2D eigenvalue weighted by Crippen LogP contribution is -2.30. The van der Waals surface area contributed by atoms with E-state index >= 15 is 0 Å². The molecule has 2 unspecified atom stereocenters. The largest absolute Gasteiger partial charge is 0.351 e. The molecule has 0 aliphatic carbocycles. The molecule has 0 saturated carbocycles. The summed E-state index contributed by atoms with van der Waals surface area (Å²) in [5, 5.41) is 4.80. The highest BCUT2D eigenvalue weighted by Crippen LogP contribution is 2.42. The van der Waals surface area contributed by atoms with Gasteiger partial charge in [-0.25, -0.2) is 4.98 Å². The molecule has 0 bridgehead atoms. The van der Waals surface area contributed by atoms with Gasteiger partial charge in [0.25, 0.3) is 0 Å². The monoisotopic (exact) mass is 473 g/mol. The van der Waals surface area contributed by atoms with E-state index in [2.05, 4.69) is 68.9 Å². The van der Waals surface area contributed by atoms with Crippen molar-refractivity contribution in [1.29, 1.82) is 0 Å². The summed E-state index contributed by atoms with van der Waals surface area (Å²) in [4.78, 5) is 11.4. The maximum Gasteiger partial charge on any atom is 0.174 e. The summed E-state index contributed by atoms with van der Waals surface area (Å²) in [5.74, 6) is 1.26. The lowest BCUT2D eigenvalue weighted by Gasteiger charge is -2.29. The van der Waals surface area contributed by atoms with Crippen molar-refractivity contribution >= 4 is 34.6 Å². The number of thiocarbonyl (C=S) groups is 1. The zero-order valence-corrected chi connectivity index (χ0v) is 20.0. The number of anilines is 1. The summed E-state index contributed by atoms with van der Waals surface area (Å²) in [6.07, 6.45) is 5.50. The summed E-state index contributed by atoms with van der Waals surface area (Å²) in [7, 11) is 0. The number of pyridine rings is 2. The van der Waals surface area contributed by atoms with Crippen molar-refractivity contribution < 1.29 is 0 Å². The normalized spacial score (nSPS) is 18.1. The Morgan fingerprint density at radius 1 is 0.970 bits per heavy atom. The maximum atomic E-state index is 6.09. The highest BCUT2D eigenvalue weighted by molar-refractivity contribution is 7.80. The van der Waals surface area contributed by atoms with E-state index in [4.69, 9.17) is 23.8 Å². The molecule has 4 heterocycles. The Hall–Kier alpha value is -3.22. The molecule has 1 aliphatic heterocycles. The van der Waals surface area contributed by atoms with Crippen LogP contribution in [0.5, 0.6) is 0 Å². The van der Waals surface area contributed by atoms with Gasteiger partial charge in [-0.15, -0.1) is 0 Å². The van der Waals surface area contributed by atoms with Crippen molar-refractivity contribution in [2.24, 2.45) is 0 Å². The van der Waals surface area contributed by atoms with E-state index in [1.807, 2.05) is 48.8 Å². The number of aromatic nitrogens is 3. The first-order valence-electron chi connectivity index (χ1n) is 10.9. The molecule has 7 heteroatoms. The van der Waals surface area contributed by atoms with Gasteiger partial charge in [0.15, 0.2) is 5.11 Å². The van der Waals surface area contributed by atoms with E-state index in [0.717, 1.165) is 22.9 Å². The SMILES string of the molecule is CC(C)c1ccc(N2C(=S)NC(c3ccccn3)C2c2cccn2-c2ccc(Cl)cn2)cc1. The number of halogens is 1. The average molecular weight is 474 g/mol. The zero-order valence-electron chi connectivity index (χ0n) is 18.4. The van der Waals surface area contributed by atoms with Gasteiger partial charge in [-0.3, -0.25) is 4.98 Å². The molecule has 0 spiro atoms. The van der Waals surface area contributed by atoms with Gasteiger partial charge < -0.3 is 14.8 Å². The molecule has 33 heavy (non-hydrogen) atoms. The van der Waals surface area contributed by atoms with Gasteiger partial charge in [-0.1, -0.05) is 43.6 Å². The van der Waals surface area contributed by atoms with Crippen LogP contribution < -0.4 is 10.2 Å². The third kappa shape index (κ3) is 4.12. The highest BCUT2D eigenvalue weighted by Gasteiger charge is 2.42. The molecule has 5 rings (SSSR count). The fourth-order valence-corrected chi connectivity index (χ4v) is 4.77. The number of hydrogen-bond acceptors (Lipinski definition) is 3. The summed E-state index contributed by atoms with van der Waals surface area (Å²) >= 11 is 11.9. The Labute approximate surface area is 204 Å². The number of nitrogens with zero attached hydrogens (tertiary/aromatic N) is 4. The Kier molecular flexibility index (Phi) is 5.87. The van der Waals surface area contributed by atoms with E-state index in [1.165, 1.54) is 5.56 Å². The van der Waals surface area contributed by atoms with E-state index in [-0.39, 0.29) is 12.1 Å². The van der Waals surface area contributed by atoms with E-state index in [0.29, 0.717) is 16.1 Å². The van der Waals surface area contributed by atoms with Crippen LogP contribution >= 0.6 is 23.8 Å². The molecule has 2 atom stereocenters. The van der Waals surface area contributed by atoms with Gasteiger partial charge in [-0.05, 0) is 72.2 Å². The van der Waals surface area contributed by atoms with E-state index < -0.39 is 0 Å². The highest BCUT2D eigenvalue weighted by atomic mass is 35.5. The summed E-state index contributed by atoms with van der Waals surface area (Å²) in [5.41, 5.74) is 4.32. The Bertz CT molecular complexity index is 1250. The maximum absolute atomic E-state index is 6.09. The van der Waals surface area contributed by atoms with Crippen LogP contribution in [0.15, 0.2) is 85.3 Å². The van der Waals surface area contributed by atoms with Crippen molar-refractivity contribution in [3.8, 4) is 5.82 Å². The van der Waals surface area contributed by atoms with Crippen LogP contribution in [0.1, 0.15) is 48.8 Å². The van der Waals surface area contributed by atoms with Crippen molar-refractivity contribution in [3.05, 3.63) is 107 Å². The third-order valence-corrected chi connectivity index (χ3v) is 6.52. The van der Waals surface area contributed by atoms with Crippen LogP contribution in [0.25, 0.3) is 5.82 Å². The Morgan fingerprint density at radius 2 is 1.79 bits per heavy atom. The molecule has 1 aliphatic rings. The van der Waals surface area contributed by atoms with E-state index in [9.17, 15) is 0 Å². The molecule has 1 fully saturated rings. The van der Waals surface area contributed by atoms with Crippen LogP contribution in [0.3, 0.4) is 0 Å². The molecule has 4 aromatic rings. The lowest BCUT2D eigenvalue weighted by atomic mass is 9.99. The zero-order chi connectivity index (χ0) is 22.9. The number of hydrogen-bond donors (Lipinski definition) is 1. The second-order valence-electron chi connectivity index (χ2n) is 8.38.